The van der Waals surface area contributed by atoms with Gasteiger partial charge in [-0.15, -0.1) is 0 Å². The van der Waals surface area contributed by atoms with Gasteiger partial charge in [-0.3, -0.25) is 9.78 Å². The van der Waals surface area contributed by atoms with Crippen LogP contribution in [0.1, 0.15) is 24.2 Å². The van der Waals surface area contributed by atoms with Crippen LogP contribution in [-0.4, -0.2) is 48.2 Å². The summed E-state index contributed by atoms with van der Waals surface area (Å²) in [7, 11) is 0. The van der Waals surface area contributed by atoms with Crippen LogP contribution in [0, 0.1) is 5.41 Å². The number of amides is 1. The van der Waals surface area contributed by atoms with Gasteiger partial charge < -0.3 is 18.8 Å². The zero-order chi connectivity index (χ0) is 17.8. The number of hydrogen-bond acceptors (Lipinski definition) is 5. The molecule has 26 heavy (non-hydrogen) atoms. The van der Waals surface area contributed by atoms with E-state index in [-0.39, 0.29) is 17.4 Å². The second-order valence-electron chi connectivity index (χ2n) is 7.18. The minimum Gasteiger partial charge on any atom is -0.469 e. The van der Waals surface area contributed by atoms with Crippen LogP contribution in [0.3, 0.4) is 0 Å². The zero-order valence-corrected chi connectivity index (χ0v) is 14.8. The third-order valence-electron chi connectivity index (χ3n) is 5.43. The Morgan fingerprint density at radius 3 is 3.04 bits per heavy atom. The summed E-state index contributed by atoms with van der Waals surface area (Å²) < 4.78 is 17.3. The summed E-state index contributed by atoms with van der Waals surface area (Å²) in [5.74, 6) is 0.821. The van der Waals surface area contributed by atoms with Crippen molar-refractivity contribution in [3.05, 3.63) is 54.2 Å². The summed E-state index contributed by atoms with van der Waals surface area (Å²) in [6.45, 7) is 3.31. The van der Waals surface area contributed by atoms with Gasteiger partial charge in [0.1, 0.15) is 5.76 Å². The average Bonchev–Trinajstić information content (AvgIpc) is 3.31. The predicted octanol–water partition coefficient (Wildman–Crippen LogP) is 2.44. The summed E-state index contributed by atoms with van der Waals surface area (Å²) in [6.07, 6.45) is 7.43. The molecule has 0 saturated carbocycles. The number of aromatic nitrogens is 1. The van der Waals surface area contributed by atoms with Gasteiger partial charge in [0.05, 0.1) is 32.0 Å². The number of rotatable bonds is 6. The molecule has 0 N–H and O–H groups in total. The van der Waals surface area contributed by atoms with E-state index in [4.69, 9.17) is 13.9 Å². The van der Waals surface area contributed by atoms with Gasteiger partial charge in [-0.1, -0.05) is 0 Å². The third kappa shape index (κ3) is 3.66. The molecule has 0 unspecified atom stereocenters. The maximum absolute atomic E-state index is 12.7. The van der Waals surface area contributed by atoms with Crippen molar-refractivity contribution in [1.82, 2.24) is 9.88 Å². The highest BCUT2D eigenvalue weighted by Gasteiger charge is 2.49. The van der Waals surface area contributed by atoms with Gasteiger partial charge >= 0.3 is 0 Å². The maximum atomic E-state index is 12.7. The first-order valence-electron chi connectivity index (χ1n) is 9.14. The zero-order valence-electron chi connectivity index (χ0n) is 14.8. The first-order valence-corrected chi connectivity index (χ1v) is 9.14. The van der Waals surface area contributed by atoms with E-state index in [1.165, 1.54) is 0 Å². The molecule has 0 bridgehead atoms. The molecule has 6 nitrogen and oxygen atoms in total. The number of carbonyl (C=O) groups excluding carboxylic acids is 1. The van der Waals surface area contributed by atoms with Crippen molar-refractivity contribution in [2.24, 2.45) is 5.41 Å². The van der Waals surface area contributed by atoms with Crippen LogP contribution in [0.25, 0.3) is 0 Å². The Kier molecular flexibility index (Phi) is 5.04. The fourth-order valence-electron chi connectivity index (χ4n) is 3.99. The van der Waals surface area contributed by atoms with Crippen LogP contribution in [0.4, 0.5) is 0 Å². The molecule has 0 aliphatic carbocycles. The normalized spacial score (nSPS) is 25.2. The summed E-state index contributed by atoms with van der Waals surface area (Å²) in [4.78, 5) is 18.6. The number of carbonyl (C=O) groups is 1. The number of pyridine rings is 1. The number of furan rings is 1. The van der Waals surface area contributed by atoms with E-state index in [0.29, 0.717) is 31.9 Å². The monoisotopic (exact) mass is 356 g/mol. The number of likely N-dealkylation sites (tertiary alicyclic amines) is 1. The molecule has 0 radical (unpaired) electrons. The highest BCUT2D eigenvalue weighted by molar-refractivity contribution is 5.78. The van der Waals surface area contributed by atoms with Crippen molar-refractivity contribution in [1.29, 1.82) is 0 Å². The number of piperidine rings is 1. The van der Waals surface area contributed by atoms with E-state index < -0.39 is 0 Å². The topological polar surface area (TPSA) is 64.8 Å². The standard InChI is InChI=1S/C20H24N2O4/c23-19(12-17-2-1-10-25-17)22-9-5-18-20(14-22,6-11-26-18)15-24-13-16-3-7-21-8-4-16/h1-4,7-8,10,18H,5-6,9,11-15H2/t18-,20+/m0/s1. The molecule has 138 valence electrons. The Morgan fingerprint density at radius 2 is 2.23 bits per heavy atom. The molecular formula is C20H24N2O4. The van der Waals surface area contributed by atoms with E-state index >= 15 is 0 Å². The summed E-state index contributed by atoms with van der Waals surface area (Å²) in [5, 5.41) is 0. The van der Waals surface area contributed by atoms with Gasteiger partial charge in [0.25, 0.3) is 0 Å². The second kappa shape index (κ2) is 7.60. The first-order chi connectivity index (χ1) is 12.8. The maximum Gasteiger partial charge on any atom is 0.230 e. The van der Waals surface area contributed by atoms with E-state index in [1.807, 2.05) is 29.2 Å². The van der Waals surface area contributed by atoms with E-state index in [0.717, 1.165) is 31.6 Å². The van der Waals surface area contributed by atoms with E-state index in [2.05, 4.69) is 4.98 Å². The Bertz CT molecular complexity index is 719. The lowest BCUT2D eigenvalue weighted by atomic mass is 9.77. The van der Waals surface area contributed by atoms with Crippen LogP contribution in [0.2, 0.25) is 0 Å². The molecule has 6 heteroatoms. The van der Waals surface area contributed by atoms with Gasteiger partial charge in [0, 0.05) is 37.5 Å². The van der Waals surface area contributed by atoms with Crippen molar-refractivity contribution in [3.8, 4) is 0 Å². The van der Waals surface area contributed by atoms with Crippen LogP contribution in [0.5, 0.6) is 0 Å². The van der Waals surface area contributed by atoms with Gasteiger partial charge in [-0.05, 0) is 42.7 Å². The fourth-order valence-corrected chi connectivity index (χ4v) is 3.99. The lowest BCUT2D eigenvalue weighted by Gasteiger charge is -2.43. The summed E-state index contributed by atoms with van der Waals surface area (Å²) >= 11 is 0. The van der Waals surface area contributed by atoms with Crippen LogP contribution >= 0.6 is 0 Å². The highest BCUT2D eigenvalue weighted by Crippen LogP contribution is 2.41. The Balaban J connectivity index is 1.38. The Morgan fingerprint density at radius 1 is 1.35 bits per heavy atom. The number of hydrogen-bond donors (Lipinski definition) is 0. The van der Waals surface area contributed by atoms with E-state index in [1.54, 1.807) is 18.7 Å². The molecule has 2 aliphatic heterocycles. The molecule has 2 fully saturated rings. The van der Waals surface area contributed by atoms with Gasteiger partial charge in [-0.2, -0.15) is 0 Å². The Hall–Kier alpha value is -2.18. The largest absolute Gasteiger partial charge is 0.469 e. The van der Waals surface area contributed by atoms with Crippen LogP contribution < -0.4 is 0 Å². The minimum absolute atomic E-state index is 0.107. The van der Waals surface area contributed by atoms with Crippen molar-refractivity contribution in [3.63, 3.8) is 0 Å². The quantitative estimate of drug-likeness (QED) is 0.795. The number of nitrogens with zero attached hydrogens (tertiary/aromatic N) is 2. The number of ether oxygens (including phenoxy) is 2. The second-order valence-corrected chi connectivity index (χ2v) is 7.18. The summed E-state index contributed by atoms with van der Waals surface area (Å²) in [5.41, 5.74) is 0.998. The van der Waals surface area contributed by atoms with Crippen molar-refractivity contribution < 1.29 is 18.7 Å². The smallest absolute Gasteiger partial charge is 0.230 e. The first kappa shape index (κ1) is 17.2. The van der Waals surface area contributed by atoms with Gasteiger partial charge in [-0.25, -0.2) is 0 Å². The molecule has 2 aromatic heterocycles. The van der Waals surface area contributed by atoms with Crippen molar-refractivity contribution in [2.45, 2.75) is 32.0 Å². The molecule has 0 spiro atoms. The fraction of sp³-hybridized carbons (Fsp3) is 0.500. The Labute approximate surface area is 153 Å². The molecule has 4 rings (SSSR count). The highest BCUT2D eigenvalue weighted by atomic mass is 16.5. The molecule has 2 saturated heterocycles. The van der Waals surface area contributed by atoms with Crippen molar-refractivity contribution >= 4 is 5.91 Å². The van der Waals surface area contributed by atoms with E-state index in [9.17, 15) is 4.79 Å². The third-order valence-corrected chi connectivity index (χ3v) is 5.43. The summed E-state index contributed by atoms with van der Waals surface area (Å²) in [6, 6.07) is 7.58. The molecule has 0 aromatic carbocycles. The van der Waals surface area contributed by atoms with Crippen LogP contribution in [-0.2, 0) is 27.3 Å². The minimum atomic E-state index is -0.107. The molecule has 4 heterocycles. The molecule has 2 aliphatic rings. The molecular weight excluding hydrogens is 332 g/mol. The average molecular weight is 356 g/mol. The molecule has 1 amide bonds. The molecule has 2 aromatic rings. The lowest BCUT2D eigenvalue weighted by molar-refractivity contribution is -0.139. The van der Waals surface area contributed by atoms with Crippen molar-refractivity contribution in [2.75, 3.05) is 26.3 Å². The molecule has 2 atom stereocenters. The lowest BCUT2D eigenvalue weighted by Crippen LogP contribution is -2.53. The van der Waals surface area contributed by atoms with Gasteiger partial charge in [0.2, 0.25) is 5.91 Å². The predicted molar refractivity (Wildman–Crippen MR) is 94.3 cm³/mol. The number of fused-ring (bicyclic) bond motifs is 1. The van der Waals surface area contributed by atoms with Crippen LogP contribution in [0.15, 0.2) is 47.3 Å². The van der Waals surface area contributed by atoms with Gasteiger partial charge in [0.15, 0.2) is 0 Å². The SMILES string of the molecule is O=C(Cc1ccco1)N1CC[C@@H]2OCC[C@]2(COCc2ccncc2)C1.